The second-order valence-electron chi connectivity index (χ2n) is 3.02. The van der Waals surface area contributed by atoms with E-state index in [0.29, 0.717) is 6.04 Å². The van der Waals surface area contributed by atoms with Gasteiger partial charge in [0.15, 0.2) is 0 Å². The zero-order valence-electron chi connectivity index (χ0n) is 7.42. The summed E-state index contributed by atoms with van der Waals surface area (Å²) < 4.78 is 0. The van der Waals surface area contributed by atoms with Crippen LogP contribution >= 0.6 is 11.3 Å². The number of hydrogen-bond donors (Lipinski definition) is 2. The molecule has 68 valence electrons. The lowest BCUT2D eigenvalue weighted by Gasteiger charge is -2.05. The first-order chi connectivity index (χ1) is 5.79. The lowest BCUT2D eigenvalue weighted by molar-refractivity contribution is 0.591. The van der Waals surface area contributed by atoms with Crippen LogP contribution in [0.4, 0.5) is 0 Å². The van der Waals surface area contributed by atoms with Gasteiger partial charge in [-0.3, -0.25) is 0 Å². The molecule has 0 bridgehead atoms. The van der Waals surface area contributed by atoms with Crippen LogP contribution in [0, 0.1) is 0 Å². The van der Waals surface area contributed by atoms with Crippen LogP contribution in [-0.2, 0) is 6.54 Å². The predicted octanol–water partition coefficient (Wildman–Crippen LogP) is 1.57. The Morgan fingerprint density at radius 3 is 3.08 bits per heavy atom. The molecule has 0 spiro atoms. The van der Waals surface area contributed by atoms with Crippen molar-refractivity contribution in [2.45, 2.75) is 25.9 Å². The summed E-state index contributed by atoms with van der Waals surface area (Å²) in [6, 6.07) is 4.53. The van der Waals surface area contributed by atoms with E-state index in [1.165, 1.54) is 4.88 Å². The Labute approximate surface area is 77.8 Å². The molecule has 1 unspecified atom stereocenters. The average molecular weight is 184 g/mol. The predicted molar refractivity (Wildman–Crippen MR) is 54.3 cm³/mol. The van der Waals surface area contributed by atoms with Gasteiger partial charge in [-0.15, -0.1) is 11.3 Å². The van der Waals surface area contributed by atoms with Crippen molar-refractivity contribution in [3.63, 3.8) is 0 Å². The van der Waals surface area contributed by atoms with Crippen molar-refractivity contribution in [2.75, 3.05) is 6.54 Å². The molecular weight excluding hydrogens is 168 g/mol. The summed E-state index contributed by atoms with van der Waals surface area (Å²) in [6.45, 7) is 4.02. The van der Waals surface area contributed by atoms with Crippen molar-refractivity contribution in [2.24, 2.45) is 5.73 Å². The third-order valence-corrected chi connectivity index (χ3v) is 2.53. The summed E-state index contributed by atoms with van der Waals surface area (Å²) in [4.78, 5) is 1.39. The van der Waals surface area contributed by atoms with Crippen LogP contribution in [0.3, 0.4) is 0 Å². The van der Waals surface area contributed by atoms with E-state index in [9.17, 15) is 0 Å². The van der Waals surface area contributed by atoms with E-state index in [0.717, 1.165) is 19.5 Å². The van der Waals surface area contributed by atoms with Crippen LogP contribution in [0.5, 0.6) is 0 Å². The standard InChI is InChI=1S/C9H16N2S/c1-8(10)4-5-11-7-9-3-2-6-12-9/h2-3,6,8,11H,4-5,7,10H2,1H3. The maximum absolute atomic E-state index is 5.61. The molecule has 3 heteroatoms. The second-order valence-corrected chi connectivity index (χ2v) is 4.05. The summed E-state index contributed by atoms with van der Waals surface area (Å²) >= 11 is 1.79. The van der Waals surface area contributed by atoms with Crippen LogP contribution < -0.4 is 11.1 Å². The molecule has 1 aromatic rings. The monoisotopic (exact) mass is 184 g/mol. The average Bonchev–Trinajstić information content (AvgIpc) is 2.49. The minimum atomic E-state index is 0.306. The van der Waals surface area contributed by atoms with E-state index in [1.807, 2.05) is 6.92 Å². The largest absolute Gasteiger partial charge is 0.328 e. The number of rotatable bonds is 5. The molecule has 0 radical (unpaired) electrons. The minimum absolute atomic E-state index is 0.306. The quantitative estimate of drug-likeness (QED) is 0.682. The van der Waals surface area contributed by atoms with Crippen LogP contribution in [-0.4, -0.2) is 12.6 Å². The number of thiophene rings is 1. The fourth-order valence-corrected chi connectivity index (χ4v) is 1.63. The molecular formula is C9H16N2S. The first-order valence-electron chi connectivity index (χ1n) is 4.27. The Bertz CT molecular complexity index is 194. The molecule has 1 aromatic heterocycles. The lowest BCUT2D eigenvalue weighted by Crippen LogP contribution is -2.23. The number of hydrogen-bond acceptors (Lipinski definition) is 3. The smallest absolute Gasteiger partial charge is 0.0299 e. The van der Waals surface area contributed by atoms with E-state index >= 15 is 0 Å². The Hall–Kier alpha value is -0.380. The highest BCUT2D eigenvalue weighted by Gasteiger charge is 1.94. The Morgan fingerprint density at radius 1 is 1.67 bits per heavy atom. The van der Waals surface area contributed by atoms with Gasteiger partial charge >= 0.3 is 0 Å². The van der Waals surface area contributed by atoms with E-state index in [1.54, 1.807) is 11.3 Å². The number of nitrogens with two attached hydrogens (primary N) is 1. The van der Waals surface area contributed by atoms with Gasteiger partial charge in [-0.2, -0.15) is 0 Å². The molecule has 1 rings (SSSR count). The summed E-state index contributed by atoms with van der Waals surface area (Å²) in [6.07, 6.45) is 1.05. The zero-order chi connectivity index (χ0) is 8.81. The maximum atomic E-state index is 5.61. The second kappa shape index (κ2) is 5.30. The maximum Gasteiger partial charge on any atom is 0.0299 e. The van der Waals surface area contributed by atoms with Crippen molar-refractivity contribution in [1.82, 2.24) is 5.32 Å². The summed E-state index contributed by atoms with van der Waals surface area (Å²) in [5, 5.41) is 5.45. The first-order valence-corrected chi connectivity index (χ1v) is 5.15. The molecule has 0 saturated heterocycles. The molecule has 0 aromatic carbocycles. The molecule has 0 aliphatic heterocycles. The van der Waals surface area contributed by atoms with Gasteiger partial charge in [0.25, 0.3) is 0 Å². The summed E-state index contributed by atoms with van der Waals surface area (Å²) in [5.41, 5.74) is 5.61. The van der Waals surface area contributed by atoms with E-state index in [-0.39, 0.29) is 0 Å². The fraction of sp³-hybridized carbons (Fsp3) is 0.556. The third kappa shape index (κ3) is 3.85. The van der Waals surface area contributed by atoms with Gasteiger partial charge in [-0.05, 0) is 31.3 Å². The summed E-state index contributed by atoms with van der Waals surface area (Å²) in [5.74, 6) is 0. The van der Waals surface area contributed by atoms with Crippen molar-refractivity contribution >= 4 is 11.3 Å². The van der Waals surface area contributed by atoms with Crippen LogP contribution in [0.15, 0.2) is 17.5 Å². The molecule has 0 saturated carbocycles. The van der Waals surface area contributed by atoms with Crippen molar-refractivity contribution in [1.29, 1.82) is 0 Å². The van der Waals surface area contributed by atoms with Gasteiger partial charge in [-0.1, -0.05) is 6.07 Å². The lowest BCUT2D eigenvalue weighted by atomic mass is 10.2. The summed E-state index contributed by atoms with van der Waals surface area (Å²) in [7, 11) is 0. The third-order valence-electron chi connectivity index (χ3n) is 1.66. The van der Waals surface area contributed by atoms with Gasteiger partial charge in [0, 0.05) is 17.5 Å². The Kier molecular flexibility index (Phi) is 4.29. The van der Waals surface area contributed by atoms with Gasteiger partial charge in [0.2, 0.25) is 0 Å². The molecule has 2 nitrogen and oxygen atoms in total. The van der Waals surface area contributed by atoms with Gasteiger partial charge in [-0.25, -0.2) is 0 Å². The van der Waals surface area contributed by atoms with Crippen molar-refractivity contribution < 1.29 is 0 Å². The van der Waals surface area contributed by atoms with E-state index in [4.69, 9.17) is 5.73 Å². The van der Waals surface area contributed by atoms with Crippen LogP contribution in [0.1, 0.15) is 18.2 Å². The highest BCUT2D eigenvalue weighted by atomic mass is 32.1. The molecule has 0 fully saturated rings. The molecule has 12 heavy (non-hydrogen) atoms. The van der Waals surface area contributed by atoms with Gasteiger partial charge < -0.3 is 11.1 Å². The Balaban J connectivity index is 2.04. The highest BCUT2D eigenvalue weighted by Crippen LogP contribution is 2.07. The van der Waals surface area contributed by atoms with Crippen molar-refractivity contribution in [3.8, 4) is 0 Å². The number of nitrogens with one attached hydrogen (secondary N) is 1. The SMILES string of the molecule is CC(N)CCNCc1cccs1. The molecule has 0 aliphatic carbocycles. The van der Waals surface area contributed by atoms with Crippen LogP contribution in [0.25, 0.3) is 0 Å². The zero-order valence-corrected chi connectivity index (χ0v) is 8.23. The molecule has 0 aliphatic rings. The van der Waals surface area contributed by atoms with Crippen molar-refractivity contribution in [3.05, 3.63) is 22.4 Å². The molecule has 1 atom stereocenters. The van der Waals surface area contributed by atoms with E-state index in [2.05, 4.69) is 22.8 Å². The highest BCUT2D eigenvalue weighted by molar-refractivity contribution is 7.09. The van der Waals surface area contributed by atoms with Gasteiger partial charge in [0.05, 0.1) is 0 Å². The molecule has 3 N–H and O–H groups in total. The molecule has 1 heterocycles. The van der Waals surface area contributed by atoms with E-state index < -0.39 is 0 Å². The minimum Gasteiger partial charge on any atom is -0.328 e. The fourth-order valence-electron chi connectivity index (χ4n) is 0.954. The Morgan fingerprint density at radius 2 is 2.50 bits per heavy atom. The topological polar surface area (TPSA) is 38.0 Å². The first kappa shape index (κ1) is 9.71. The molecule has 0 amide bonds. The van der Waals surface area contributed by atoms with Crippen LogP contribution in [0.2, 0.25) is 0 Å². The normalized spacial score (nSPS) is 13.2. The van der Waals surface area contributed by atoms with Gasteiger partial charge in [0.1, 0.15) is 0 Å².